The number of rotatable bonds is 4. The largest absolute Gasteiger partial charge is 0.497 e. The summed E-state index contributed by atoms with van der Waals surface area (Å²) < 4.78 is 17.5. The molecule has 1 amide bonds. The van der Waals surface area contributed by atoms with Crippen molar-refractivity contribution in [2.24, 2.45) is 0 Å². The van der Waals surface area contributed by atoms with Gasteiger partial charge in [0.25, 0.3) is 5.91 Å². The van der Waals surface area contributed by atoms with Gasteiger partial charge in [-0.15, -0.1) is 0 Å². The molecular weight excluding hydrogens is 452 g/mol. The highest BCUT2D eigenvalue weighted by molar-refractivity contribution is 6.30. The lowest BCUT2D eigenvalue weighted by molar-refractivity contribution is -0.0155. The fourth-order valence-electron chi connectivity index (χ4n) is 5.06. The van der Waals surface area contributed by atoms with E-state index in [1.54, 1.807) is 14.2 Å². The quantitative estimate of drug-likeness (QED) is 0.606. The van der Waals surface area contributed by atoms with E-state index < -0.39 is 0 Å². The molecule has 2 aliphatic rings. The standard InChI is InChI=1S/C27H35ClN2O4/c1-32-22-12-13-23-26(18-22)34-17-16-29(19-20-8-10-21(28)11-9-20)14-4-3-6-24-25(33-2)7-5-15-30(24)27(23)31/h8-13,18,24-25H,3-7,14-17,19H2,1-2H3/t24-,25-/m1/s1. The van der Waals surface area contributed by atoms with Gasteiger partial charge in [0, 0.05) is 37.8 Å². The molecule has 6 nitrogen and oxygen atoms in total. The Bertz CT molecular complexity index is 952. The Morgan fingerprint density at radius 1 is 1.00 bits per heavy atom. The monoisotopic (exact) mass is 486 g/mol. The Kier molecular flexibility index (Phi) is 8.70. The average Bonchev–Trinajstić information content (AvgIpc) is 2.87. The van der Waals surface area contributed by atoms with Gasteiger partial charge in [-0.05, 0) is 62.1 Å². The molecule has 7 heteroatoms. The topological polar surface area (TPSA) is 51.2 Å². The minimum atomic E-state index is 0.0154. The summed E-state index contributed by atoms with van der Waals surface area (Å²) in [5.41, 5.74) is 1.81. The highest BCUT2D eigenvalue weighted by Gasteiger charge is 2.35. The number of fused-ring (bicyclic) bond motifs is 2. The molecule has 1 fully saturated rings. The van der Waals surface area contributed by atoms with Crippen LogP contribution in [0.1, 0.15) is 48.0 Å². The highest BCUT2D eigenvalue weighted by Crippen LogP contribution is 2.31. The smallest absolute Gasteiger partial charge is 0.257 e. The zero-order chi connectivity index (χ0) is 23.9. The van der Waals surface area contributed by atoms with Gasteiger partial charge in [0.15, 0.2) is 0 Å². The fraction of sp³-hybridized carbons (Fsp3) is 0.519. The molecule has 4 rings (SSSR count). The van der Waals surface area contributed by atoms with Gasteiger partial charge < -0.3 is 19.1 Å². The third-order valence-electron chi connectivity index (χ3n) is 6.91. The van der Waals surface area contributed by atoms with E-state index in [1.807, 2.05) is 35.2 Å². The Balaban J connectivity index is 1.59. The van der Waals surface area contributed by atoms with Crippen LogP contribution in [0.3, 0.4) is 0 Å². The second-order valence-electron chi connectivity index (χ2n) is 9.09. The number of ether oxygens (including phenoxy) is 3. The van der Waals surface area contributed by atoms with Gasteiger partial charge in [-0.1, -0.05) is 30.2 Å². The van der Waals surface area contributed by atoms with Crippen molar-refractivity contribution in [1.29, 1.82) is 0 Å². The predicted molar refractivity (Wildman–Crippen MR) is 134 cm³/mol. The zero-order valence-corrected chi connectivity index (χ0v) is 20.9. The van der Waals surface area contributed by atoms with Gasteiger partial charge in [0.1, 0.15) is 18.1 Å². The molecule has 2 aliphatic heterocycles. The van der Waals surface area contributed by atoms with Crippen LogP contribution in [0.5, 0.6) is 11.5 Å². The molecule has 2 heterocycles. The van der Waals surface area contributed by atoms with Crippen molar-refractivity contribution in [3.63, 3.8) is 0 Å². The molecule has 34 heavy (non-hydrogen) atoms. The number of hydrogen-bond acceptors (Lipinski definition) is 5. The fourth-order valence-corrected chi connectivity index (χ4v) is 5.19. The van der Waals surface area contributed by atoms with E-state index in [9.17, 15) is 4.79 Å². The van der Waals surface area contributed by atoms with Crippen molar-refractivity contribution in [3.05, 3.63) is 58.6 Å². The van der Waals surface area contributed by atoms with Crippen molar-refractivity contribution in [3.8, 4) is 11.5 Å². The van der Waals surface area contributed by atoms with Crippen LogP contribution in [-0.2, 0) is 11.3 Å². The lowest BCUT2D eigenvalue weighted by Gasteiger charge is -2.41. The molecule has 0 N–H and O–H groups in total. The molecule has 0 radical (unpaired) electrons. The molecule has 0 bridgehead atoms. The number of benzene rings is 2. The molecule has 2 aromatic rings. The maximum Gasteiger partial charge on any atom is 0.257 e. The maximum atomic E-state index is 13.7. The molecular formula is C27H35ClN2O4. The van der Waals surface area contributed by atoms with Crippen molar-refractivity contribution >= 4 is 17.5 Å². The van der Waals surface area contributed by atoms with Crippen molar-refractivity contribution in [2.45, 2.75) is 50.8 Å². The summed E-state index contributed by atoms with van der Waals surface area (Å²) in [6, 6.07) is 13.6. The Morgan fingerprint density at radius 2 is 1.82 bits per heavy atom. The van der Waals surface area contributed by atoms with Crippen molar-refractivity contribution in [1.82, 2.24) is 9.80 Å². The van der Waals surface area contributed by atoms with Crippen LogP contribution in [-0.4, -0.2) is 68.3 Å². The van der Waals surface area contributed by atoms with E-state index in [4.69, 9.17) is 25.8 Å². The first-order valence-electron chi connectivity index (χ1n) is 12.2. The normalized spacial score (nSPS) is 22.4. The predicted octanol–water partition coefficient (Wildman–Crippen LogP) is 5.03. The van der Waals surface area contributed by atoms with E-state index in [0.717, 1.165) is 63.3 Å². The number of carbonyl (C=O) groups excluding carboxylic acids is 1. The summed E-state index contributed by atoms with van der Waals surface area (Å²) in [6.45, 7) is 3.81. The molecule has 1 saturated heterocycles. The van der Waals surface area contributed by atoms with Crippen LogP contribution in [0.4, 0.5) is 0 Å². The molecule has 0 aromatic heterocycles. The first-order chi connectivity index (χ1) is 16.6. The van der Waals surface area contributed by atoms with Crippen molar-refractivity contribution < 1.29 is 19.0 Å². The molecule has 0 aliphatic carbocycles. The summed E-state index contributed by atoms with van der Waals surface area (Å²) in [5.74, 6) is 1.27. The summed E-state index contributed by atoms with van der Waals surface area (Å²) in [7, 11) is 3.39. The lowest BCUT2D eigenvalue weighted by Crippen LogP contribution is -2.51. The summed E-state index contributed by atoms with van der Waals surface area (Å²) in [5, 5.41) is 0.747. The SMILES string of the molecule is COc1ccc2c(c1)OCCN(Cc1ccc(Cl)cc1)CCCC[C@@H]1[C@H](OC)CCCN1C2=O. The van der Waals surface area contributed by atoms with E-state index in [1.165, 1.54) is 5.56 Å². The van der Waals surface area contributed by atoms with Gasteiger partial charge in [-0.3, -0.25) is 9.69 Å². The van der Waals surface area contributed by atoms with E-state index in [-0.39, 0.29) is 18.1 Å². The summed E-state index contributed by atoms with van der Waals surface area (Å²) in [4.78, 5) is 18.1. The van der Waals surface area contributed by atoms with Crippen LogP contribution in [0.15, 0.2) is 42.5 Å². The number of hydrogen-bond donors (Lipinski definition) is 0. The van der Waals surface area contributed by atoms with E-state index in [2.05, 4.69) is 17.0 Å². The number of methoxy groups -OCH3 is 2. The van der Waals surface area contributed by atoms with E-state index >= 15 is 0 Å². The molecule has 184 valence electrons. The summed E-state index contributed by atoms with van der Waals surface area (Å²) >= 11 is 6.07. The number of carbonyl (C=O) groups is 1. The van der Waals surface area contributed by atoms with Crippen molar-refractivity contribution in [2.75, 3.05) is 40.5 Å². The second kappa shape index (κ2) is 11.9. The molecule has 0 unspecified atom stereocenters. The Hall–Kier alpha value is -2.28. The zero-order valence-electron chi connectivity index (χ0n) is 20.2. The third kappa shape index (κ3) is 6.04. The highest BCUT2D eigenvalue weighted by atomic mass is 35.5. The van der Waals surface area contributed by atoms with Gasteiger partial charge in [-0.2, -0.15) is 0 Å². The minimum absolute atomic E-state index is 0.0154. The first-order valence-corrected chi connectivity index (χ1v) is 12.6. The summed E-state index contributed by atoms with van der Waals surface area (Å²) in [6.07, 6.45) is 5.04. The van der Waals surface area contributed by atoms with Crippen LogP contribution >= 0.6 is 11.6 Å². The van der Waals surface area contributed by atoms with Crippen LogP contribution in [0.2, 0.25) is 5.02 Å². The second-order valence-corrected chi connectivity index (χ2v) is 9.53. The average molecular weight is 487 g/mol. The van der Waals surface area contributed by atoms with Gasteiger partial charge in [-0.25, -0.2) is 0 Å². The first kappa shape index (κ1) is 24.8. The molecule has 2 aromatic carbocycles. The van der Waals surface area contributed by atoms with Gasteiger partial charge in [0.2, 0.25) is 0 Å². The number of piperidine rings is 1. The van der Waals surface area contributed by atoms with E-state index in [0.29, 0.717) is 23.7 Å². The molecule has 0 saturated carbocycles. The molecule has 0 spiro atoms. The van der Waals surface area contributed by atoms with Crippen LogP contribution in [0.25, 0.3) is 0 Å². The maximum absolute atomic E-state index is 13.7. The molecule has 2 atom stereocenters. The number of halogens is 1. The number of amides is 1. The van der Waals surface area contributed by atoms with Crippen LogP contribution in [0, 0.1) is 0 Å². The Labute approximate surface area is 207 Å². The Morgan fingerprint density at radius 3 is 2.59 bits per heavy atom. The van der Waals surface area contributed by atoms with Crippen LogP contribution < -0.4 is 9.47 Å². The lowest BCUT2D eigenvalue weighted by atomic mass is 9.93. The van der Waals surface area contributed by atoms with Gasteiger partial charge in [0.05, 0.1) is 24.8 Å². The third-order valence-corrected chi connectivity index (χ3v) is 7.16. The van der Waals surface area contributed by atoms with Gasteiger partial charge >= 0.3 is 0 Å². The number of nitrogens with zero attached hydrogens (tertiary/aromatic N) is 2. The minimum Gasteiger partial charge on any atom is -0.497 e.